The van der Waals surface area contributed by atoms with Gasteiger partial charge in [0.2, 0.25) is 0 Å². The zero-order valence-electron chi connectivity index (χ0n) is 14.9. The summed E-state index contributed by atoms with van der Waals surface area (Å²) in [4.78, 5) is 26.8. The third kappa shape index (κ3) is 4.94. The molecule has 2 aromatic carbocycles. The molecule has 0 aliphatic heterocycles. The smallest absolute Gasteiger partial charge is 0.259 e. The van der Waals surface area contributed by atoms with Crippen molar-refractivity contribution in [2.75, 3.05) is 13.2 Å². The number of ether oxygens (including phenoxy) is 1. The lowest BCUT2D eigenvalue weighted by molar-refractivity contribution is -0.127. The molecule has 0 bridgehead atoms. The predicted octanol–water partition coefficient (Wildman–Crippen LogP) is 2.12. The van der Waals surface area contributed by atoms with E-state index in [4.69, 9.17) is 4.74 Å². The summed E-state index contributed by atoms with van der Waals surface area (Å²) in [5, 5.41) is 7.48. The van der Waals surface area contributed by atoms with Gasteiger partial charge in [0.05, 0.1) is 12.8 Å². The molecule has 3 N–H and O–H groups in total. The van der Waals surface area contributed by atoms with Crippen LogP contribution in [-0.4, -0.2) is 36.2 Å². The Hall–Kier alpha value is -3.61. The molecule has 138 valence electrons. The van der Waals surface area contributed by atoms with Gasteiger partial charge in [-0.1, -0.05) is 36.4 Å². The van der Waals surface area contributed by atoms with Gasteiger partial charge in [-0.25, -0.2) is 5.43 Å². The highest BCUT2D eigenvalue weighted by atomic mass is 16.5. The summed E-state index contributed by atoms with van der Waals surface area (Å²) in [7, 11) is 0. The van der Waals surface area contributed by atoms with E-state index in [2.05, 4.69) is 20.8 Å². The number of rotatable bonds is 7. The van der Waals surface area contributed by atoms with Crippen LogP contribution in [0, 0.1) is 6.92 Å². The fourth-order valence-electron chi connectivity index (χ4n) is 2.57. The molecule has 7 heteroatoms. The third-order valence-corrected chi connectivity index (χ3v) is 3.89. The first-order valence-corrected chi connectivity index (χ1v) is 8.47. The van der Waals surface area contributed by atoms with Crippen molar-refractivity contribution in [3.05, 3.63) is 65.9 Å². The van der Waals surface area contributed by atoms with Crippen LogP contribution in [0.1, 0.15) is 11.3 Å². The Morgan fingerprint density at radius 2 is 1.81 bits per heavy atom. The van der Waals surface area contributed by atoms with Crippen LogP contribution < -0.4 is 15.5 Å². The maximum Gasteiger partial charge on any atom is 0.259 e. The zero-order valence-corrected chi connectivity index (χ0v) is 14.9. The zero-order chi connectivity index (χ0) is 19.1. The van der Waals surface area contributed by atoms with Gasteiger partial charge in [-0.05, 0) is 25.1 Å². The van der Waals surface area contributed by atoms with E-state index in [0.29, 0.717) is 5.75 Å². The predicted molar refractivity (Wildman–Crippen MR) is 104 cm³/mol. The molecule has 27 heavy (non-hydrogen) atoms. The van der Waals surface area contributed by atoms with Gasteiger partial charge in [0.1, 0.15) is 5.75 Å². The Kier molecular flexibility index (Phi) is 5.84. The molecule has 3 aromatic rings. The average molecular weight is 364 g/mol. The summed E-state index contributed by atoms with van der Waals surface area (Å²) in [6, 6.07) is 16.8. The number of aromatic amines is 1. The molecule has 3 rings (SSSR count). The van der Waals surface area contributed by atoms with E-state index in [-0.39, 0.29) is 19.1 Å². The number of fused-ring (bicyclic) bond motifs is 1. The van der Waals surface area contributed by atoms with Gasteiger partial charge in [-0.2, -0.15) is 5.10 Å². The lowest BCUT2D eigenvalue weighted by Gasteiger charge is -2.06. The summed E-state index contributed by atoms with van der Waals surface area (Å²) in [5.41, 5.74) is 5.28. The molecule has 1 heterocycles. The van der Waals surface area contributed by atoms with Gasteiger partial charge < -0.3 is 15.0 Å². The molecular formula is C20H20N4O3. The Bertz CT molecular complexity index is 964. The van der Waals surface area contributed by atoms with Crippen LogP contribution in [0.15, 0.2) is 59.7 Å². The van der Waals surface area contributed by atoms with Crippen LogP contribution in [0.25, 0.3) is 10.9 Å². The minimum atomic E-state index is -0.420. The summed E-state index contributed by atoms with van der Waals surface area (Å²) in [6.07, 6.45) is 1.59. The number of hydrogen-bond acceptors (Lipinski definition) is 4. The Labute approximate surface area is 156 Å². The second kappa shape index (κ2) is 8.66. The molecule has 0 fully saturated rings. The first-order chi connectivity index (χ1) is 13.1. The molecule has 0 spiro atoms. The van der Waals surface area contributed by atoms with E-state index in [1.807, 2.05) is 49.4 Å². The van der Waals surface area contributed by atoms with Crippen LogP contribution in [0.3, 0.4) is 0 Å². The minimum Gasteiger partial charge on any atom is -0.484 e. The summed E-state index contributed by atoms with van der Waals surface area (Å²) in [6.45, 7) is 1.60. The molecular weight excluding hydrogens is 344 g/mol. The maximum atomic E-state index is 11.8. The molecule has 1 aromatic heterocycles. The topological polar surface area (TPSA) is 95.6 Å². The molecule has 0 saturated carbocycles. The first kappa shape index (κ1) is 18.2. The van der Waals surface area contributed by atoms with Crippen LogP contribution in [0.2, 0.25) is 0 Å². The SMILES string of the molecule is Cc1[nH]c2ccccc2c1/C=N\NC(=O)CNC(=O)COc1ccccc1. The lowest BCUT2D eigenvalue weighted by atomic mass is 10.1. The first-order valence-electron chi connectivity index (χ1n) is 8.47. The van der Waals surface area contributed by atoms with Crippen molar-refractivity contribution in [3.8, 4) is 5.75 Å². The highest BCUT2D eigenvalue weighted by Gasteiger charge is 2.07. The number of nitrogens with one attached hydrogen (secondary N) is 3. The van der Waals surface area contributed by atoms with Crippen LogP contribution in [0.4, 0.5) is 0 Å². The molecule has 2 amide bonds. The average Bonchev–Trinajstić information content (AvgIpc) is 3.01. The van der Waals surface area contributed by atoms with Crippen LogP contribution in [-0.2, 0) is 9.59 Å². The Morgan fingerprint density at radius 3 is 2.63 bits per heavy atom. The number of benzene rings is 2. The van der Waals surface area contributed by atoms with Crippen LogP contribution in [0.5, 0.6) is 5.75 Å². The Balaban J connectivity index is 1.44. The number of carbonyl (C=O) groups is 2. The van der Waals surface area contributed by atoms with Crippen molar-refractivity contribution in [1.29, 1.82) is 0 Å². The summed E-state index contributed by atoms with van der Waals surface area (Å²) >= 11 is 0. The van der Waals surface area contributed by atoms with Crippen molar-refractivity contribution in [1.82, 2.24) is 15.7 Å². The van der Waals surface area contributed by atoms with Gasteiger partial charge >= 0.3 is 0 Å². The molecule has 0 aliphatic carbocycles. The minimum absolute atomic E-state index is 0.158. The summed E-state index contributed by atoms with van der Waals surface area (Å²) < 4.78 is 5.31. The third-order valence-electron chi connectivity index (χ3n) is 3.89. The van der Waals surface area contributed by atoms with Crippen molar-refractivity contribution in [3.63, 3.8) is 0 Å². The van der Waals surface area contributed by atoms with E-state index in [1.54, 1.807) is 18.3 Å². The number of para-hydroxylation sites is 2. The second-order valence-corrected chi connectivity index (χ2v) is 5.88. The van der Waals surface area contributed by atoms with Gasteiger partial charge in [0.15, 0.2) is 6.61 Å². The largest absolute Gasteiger partial charge is 0.484 e. The van der Waals surface area contributed by atoms with Gasteiger partial charge in [0, 0.05) is 22.2 Å². The standard InChI is InChI=1S/C20H20N4O3/c1-14-17(16-9-5-6-10-18(16)23-14)11-22-24-19(25)12-21-20(26)13-27-15-7-3-2-4-8-15/h2-11,23H,12-13H2,1H3,(H,21,26)(H,24,25)/b22-11-. The molecule has 0 aliphatic rings. The van der Waals surface area contributed by atoms with Gasteiger partial charge in [0.25, 0.3) is 11.8 Å². The second-order valence-electron chi connectivity index (χ2n) is 5.88. The normalized spacial score (nSPS) is 10.9. The number of nitrogens with zero attached hydrogens (tertiary/aromatic N) is 1. The van der Waals surface area contributed by atoms with Gasteiger partial charge in [-0.3, -0.25) is 9.59 Å². The van der Waals surface area contributed by atoms with E-state index in [0.717, 1.165) is 22.2 Å². The highest BCUT2D eigenvalue weighted by Crippen LogP contribution is 2.19. The Morgan fingerprint density at radius 1 is 1.07 bits per heavy atom. The monoisotopic (exact) mass is 364 g/mol. The highest BCUT2D eigenvalue weighted by molar-refractivity contribution is 6.00. The number of aryl methyl sites for hydroxylation is 1. The fraction of sp³-hybridized carbons (Fsp3) is 0.150. The molecule has 0 unspecified atom stereocenters. The lowest BCUT2D eigenvalue weighted by Crippen LogP contribution is -2.37. The van der Waals surface area contributed by atoms with Crippen molar-refractivity contribution in [2.45, 2.75) is 6.92 Å². The van der Waals surface area contributed by atoms with Crippen LogP contribution >= 0.6 is 0 Å². The van der Waals surface area contributed by atoms with Crippen molar-refractivity contribution in [2.24, 2.45) is 5.10 Å². The summed E-state index contributed by atoms with van der Waals surface area (Å²) in [5.74, 6) is -0.210. The molecule has 0 radical (unpaired) electrons. The number of carbonyl (C=O) groups excluding carboxylic acids is 2. The van der Waals surface area contributed by atoms with E-state index >= 15 is 0 Å². The molecule has 0 atom stereocenters. The van der Waals surface area contributed by atoms with Crippen molar-refractivity contribution < 1.29 is 14.3 Å². The molecule has 7 nitrogen and oxygen atoms in total. The fourth-order valence-corrected chi connectivity index (χ4v) is 2.57. The van der Waals surface area contributed by atoms with E-state index in [9.17, 15) is 9.59 Å². The molecule has 0 saturated heterocycles. The number of hydrogen-bond donors (Lipinski definition) is 3. The van der Waals surface area contributed by atoms with Gasteiger partial charge in [-0.15, -0.1) is 0 Å². The number of H-pyrrole nitrogens is 1. The van der Waals surface area contributed by atoms with E-state index < -0.39 is 5.91 Å². The quantitative estimate of drug-likeness (QED) is 0.443. The van der Waals surface area contributed by atoms with Crippen molar-refractivity contribution >= 4 is 28.9 Å². The maximum absolute atomic E-state index is 11.8. The number of aromatic nitrogens is 1. The van der Waals surface area contributed by atoms with E-state index in [1.165, 1.54) is 0 Å². The number of hydrazone groups is 1. The number of amides is 2.